The van der Waals surface area contributed by atoms with E-state index in [0.717, 1.165) is 0 Å². The highest BCUT2D eigenvalue weighted by molar-refractivity contribution is 5.97. The number of rotatable bonds is 3. The standard InChI is InChI=1S/C19H23FN4O3/c1-19(2,3)27-18(26)24-9-4-5-16(24)17(25)22-13-6-7-15(14(20)11-13)23-10-8-21-12-23/h6-8,10-12,16H,4-5,9H2,1-3H3,(H,22,25)/t16-/m0/s1. The Balaban J connectivity index is 1.69. The highest BCUT2D eigenvalue weighted by Crippen LogP contribution is 2.23. The van der Waals surface area contributed by atoms with Crippen LogP contribution in [0.4, 0.5) is 14.9 Å². The minimum Gasteiger partial charge on any atom is -0.444 e. The zero-order chi connectivity index (χ0) is 19.6. The van der Waals surface area contributed by atoms with Gasteiger partial charge in [-0.15, -0.1) is 0 Å². The summed E-state index contributed by atoms with van der Waals surface area (Å²) in [6, 6.07) is 3.80. The smallest absolute Gasteiger partial charge is 0.410 e. The first kappa shape index (κ1) is 18.9. The third-order valence-corrected chi connectivity index (χ3v) is 4.18. The molecule has 0 radical (unpaired) electrons. The second-order valence-corrected chi connectivity index (χ2v) is 7.46. The summed E-state index contributed by atoms with van der Waals surface area (Å²) in [7, 11) is 0. The topological polar surface area (TPSA) is 76.5 Å². The van der Waals surface area contributed by atoms with Gasteiger partial charge in [0.25, 0.3) is 0 Å². The number of hydrogen-bond donors (Lipinski definition) is 1. The fraction of sp³-hybridized carbons (Fsp3) is 0.421. The molecule has 1 aromatic carbocycles. The molecule has 7 nitrogen and oxygen atoms in total. The van der Waals surface area contributed by atoms with Crippen LogP contribution < -0.4 is 5.32 Å². The van der Waals surface area contributed by atoms with Crippen molar-refractivity contribution in [3.63, 3.8) is 0 Å². The van der Waals surface area contributed by atoms with Gasteiger partial charge in [-0.2, -0.15) is 0 Å². The van der Waals surface area contributed by atoms with Crippen LogP contribution in [0.3, 0.4) is 0 Å². The second kappa shape index (κ2) is 7.38. The van der Waals surface area contributed by atoms with Gasteiger partial charge in [0.1, 0.15) is 17.5 Å². The number of aromatic nitrogens is 2. The molecule has 0 saturated carbocycles. The first-order valence-corrected chi connectivity index (χ1v) is 8.83. The Bertz CT molecular complexity index is 830. The molecule has 1 aliphatic heterocycles. The molecular formula is C19H23FN4O3. The Kier molecular flexibility index (Phi) is 5.16. The Hall–Kier alpha value is -2.90. The Labute approximate surface area is 157 Å². The average Bonchev–Trinajstić information content (AvgIpc) is 3.25. The van der Waals surface area contributed by atoms with Gasteiger partial charge in [0, 0.05) is 24.6 Å². The summed E-state index contributed by atoms with van der Waals surface area (Å²) in [5.41, 5.74) is 0.0339. The van der Waals surface area contributed by atoms with Crippen molar-refractivity contribution in [2.24, 2.45) is 0 Å². The van der Waals surface area contributed by atoms with Crippen molar-refractivity contribution in [3.05, 3.63) is 42.7 Å². The van der Waals surface area contributed by atoms with Gasteiger partial charge < -0.3 is 14.6 Å². The largest absolute Gasteiger partial charge is 0.444 e. The van der Waals surface area contributed by atoms with E-state index in [1.807, 2.05) is 0 Å². The van der Waals surface area contributed by atoms with E-state index in [1.54, 1.807) is 49.9 Å². The predicted octanol–water partition coefficient (Wildman–Crippen LogP) is 3.35. The van der Waals surface area contributed by atoms with Crippen LogP contribution in [0.5, 0.6) is 0 Å². The van der Waals surface area contributed by atoms with Crippen molar-refractivity contribution in [1.29, 1.82) is 0 Å². The number of ether oxygens (including phenoxy) is 1. The van der Waals surface area contributed by atoms with E-state index in [1.165, 1.54) is 17.3 Å². The zero-order valence-corrected chi connectivity index (χ0v) is 15.6. The monoisotopic (exact) mass is 374 g/mol. The quantitative estimate of drug-likeness (QED) is 0.894. The van der Waals surface area contributed by atoms with Crippen molar-refractivity contribution in [2.75, 3.05) is 11.9 Å². The number of anilines is 1. The molecule has 27 heavy (non-hydrogen) atoms. The summed E-state index contributed by atoms with van der Waals surface area (Å²) in [6.07, 6.45) is 5.43. The van der Waals surface area contributed by atoms with Crippen molar-refractivity contribution in [3.8, 4) is 5.69 Å². The normalized spacial score (nSPS) is 17.0. The molecule has 3 rings (SSSR count). The number of benzene rings is 1. The lowest BCUT2D eigenvalue weighted by molar-refractivity contribution is -0.120. The van der Waals surface area contributed by atoms with Gasteiger partial charge in [-0.1, -0.05) is 0 Å². The maximum absolute atomic E-state index is 14.3. The number of hydrogen-bond acceptors (Lipinski definition) is 4. The lowest BCUT2D eigenvalue weighted by atomic mass is 10.2. The molecule has 0 spiro atoms. The zero-order valence-electron chi connectivity index (χ0n) is 15.6. The maximum atomic E-state index is 14.3. The molecule has 1 atom stereocenters. The fourth-order valence-electron chi connectivity index (χ4n) is 3.00. The molecule has 1 aliphatic rings. The van der Waals surface area contributed by atoms with E-state index >= 15 is 0 Å². The van der Waals surface area contributed by atoms with Gasteiger partial charge in [-0.3, -0.25) is 9.69 Å². The van der Waals surface area contributed by atoms with E-state index in [9.17, 15) is 14.0 Å². The Morgan fingerprint density at radius 2 is 2.11 bits per heavy atom. The number of likely N-dealkylation sites (tertiary alicyclic amines) is 1. The molecular weight excluding hydrogens is 351 g/mol. The van der Waals surface area contributed by atoms with Gasteiger partial charge in [0.15, 0.2) is 0 Å². The molecule has 2 aromatic rings. The average molecular weight is 374 g/mol. The summed E-state index contributed by atoms with van der Waals surface area (Å²) < 4.78 is 21.3. The maximum Gasteiger partial charge on any atom is 0.410 e. The van der Waals surface area contributed by atoms with Crippen LogP contribution in [0.2, 0.25) is 0 Å². The van der Waals surface area contributed by atoms with E-state index in [-0.39, 0.29) is 5.91 Å². The molecule has 1 N–H and O–H groups in total. The van der Waals surface area contributed by atoms with E-state index in [0.29, 0.717) is 30.8 Å². The number of carbonyl (C=O) groups excluding carboxylic acids is 2. The molecule has 1 aromatic heterocycles. The fourth-order valence-corrected chi connectivity index (χ4v) is 3.00. The lowest BCUT2D eigenvalue weighted by Gasteiger charge is -2.28. The number of imidazole rings is 1. The molecule has 2 heterocycles. The third-order valence-electron chi connectivity index (χ3n) is 4.18. The molecule has 0 aliphatic carbocycles. The lowest BCUT2D eigenvalue weighted by Crippen LogP contribution is -2.45. The minimum absolute atomic E-state index is 0.331. The number of amides is 2. The molecule has 1 saturated heterocycles. The first-order valence-electron chi connectivity index (χ1n) is 8.83. The second-order valence-electron chi connectivity index (χ2n) is 7.46. The molecule has 2 amide bonds. The van der Waals surface area contributed by atoms with Crippen molar-refractivity contribution >= 4 is 17.7 Å². The summed E-state index contributed by atoms with van der Waals surface area (Å²) in [6.45, 7) is 5.79. The van der Waals surface area contributed by atoms with Gasteiger partial charge in [-0.05, 0) is 51.8 Å². The van der Waals surface area contributed by atoms with Crippen molar-refractivity contribution in [2.45, 2.75) is 45.3 Å². The summed E-state index contributed by atoms with van der Waals surface area (Å²) in [4.78, 5) is 30.3. The number of halogens is 1. The SMILES string of the molecule is CC(C)(C)OC(=O)N1CCC[C@H]1C(=O)Nc1ccc(-n2ccnc2)c(F)c1. The van der Waals surface area contributed by atoms with Crippen LogP contribution in [0, 0.1) is 5.82 Å². The van der Waals surface area contributed by atoms with Crippen molar-refractivity contribution < 1.29 is 18.7 Å². The van der Waals surface area contributed by atoms with Gasteiger partial charge in [0.2, 0.25) is 5.91 Å². The molecule has 8 heteroatoms. The van der Waals surface area contributed by atoms with Crippen LogP contribution in [-0.2, 0) is 9.53 Å². The van der Waals surface area contributed by atoms with Gasteiger partial charge in [-0.25, -0.2) is 14.2 Å². The number of nitrogens with one attached hydrogen (secondary N) is 1. The van der Waals surface area contributed by atoms with Crippen molar-refractivity contribution in [1.82, 2.24) is 14.5 Å². The van der Waals surface area contributed by atoms with E-state index in [4.69, 9.17) is 4.74 Å². The van der Waals surface area contributed by atoms with Crippen LogP contribution >= 0.6 is 0 Å². The molecule has 144 valence electrons. The third kappa shape index (κ3) is 4.45. The van der Waals surface area contributed by atoms with Gasteiger partial charge in [0.05, 0.1) is 12.0 Å². The van der Waals surface area contributed by atoms with Crippen LogP contribution in [0.1, 0.15) is 33.6 Å². The summed E-state index contributed by atoms with van der Waals surface area (Å²) in [5, 5.41) is 2.69. The number of nitrogens with zero attached hydrogens (tertiary/aromatic N) is 3. The summed E-state index contributed by atoms with van der Waals surface area (Å²) in [5.74, 6) is -0.839. The van der Waals surface area contributed by atoms with E-state index < -0.39 is 23.6 Å². The molecule has 0 unspecified atom stereocenters. The highest BCUT2D eigenvalue weighted by atomic mass is 19.1. The van der Waals surface area contributed by atoms with Gasteiger partial charge >= 0.3 is 6.09 Å². The van der Waals surface area contributed by atoms with Crippen LogP contribution in [0.15, 0.2) is 36.9 Å². The minimum atomic E-state index is -0.632. The van der Waals surface area contributed by atoms with E-state index in [2.05, 4.69) is 10.3 Å². The Morgan fingerprint density at radius 3 is 2.74 bits per heavy atom. The number of carbonyl (C=O) groups is 2. The van der Waals surface area contributed by atoms with Crippen LogP contribution in [-0.4, -0.2) is 44.6 Å². The predicted molar refractivity (Wildman–Crippen MR) is 98.1 cm³/mol. The Morgan fingerprint density at radius 1 is 1.33 bits per heavy atom. The first-order chi connectivity index (χ1) is 12.7. The summed E-state index contributed by atoms with van der Waals surface area (Å²) >= 11 is 0. The van der Waals surface area contributed by atoms with Crippen LogP contribution in [0.25, 0.3) is 5.69 Å². The highest BCUT2D eigenvalue weighted by Gasteiger charge is 2.36. The molecule has 1 fully saturated rings. The molecule has 0 bridgehead atoms.